The van der Waals surface area contributed by atoms with E-state index in [0.29, 0.717) is 31.9 Å². The van der Waals surface area contributed by atoms with Gasteiger partial charge in [0.25, 0.3) is 5.91 Å². The first-order chi connectivity index (χ1) is 21.0. The van der Waals surface area contributed by atoms with Crippen molar-refractivity contribution in [1.29, 1.82) is 0 Å². The summed E-state index contributed by atoms with van der Waals surface area (Å²) >= 11 is 6.39. The average molecular weight is 641 g/mol. The van der Waals surface area contributed by atoms with E-state index < -0.39 is 27.3 Å². The lowest BCUT2D eigenvalue weighted by Crippen LogP contribution is -2.49. The van der Waals surface area contributed by atoms with Gasteiger partial charge in [-0.05, 0) is 104 Å². The van der Waals surface area contributed by atoms with Crippen LogP contribution in [0.15, 0.2) is 61.7 Å². The molecule has 1 amide bonds. The maximum absolute atomic E-state index is 13.4. The predicted octanol–water partition coefficient (Wildman–Crippen LogP) is 6.44. The number of benzene rings is 2. The lowest BCUT2D eigenvalue weighted by molar-refractivity contribution is 0.0178. The Morgan fingerprint density at radius 1 is 1.18 bits per heavy atom. The average Bonchev–Trinajstić information content (AvgIpc) is 3.10. The third-order valence-corrected chi connectivity index (χ3v) is 12.1. The molecule has 2 N–H and O–H groups in total. The number of hydrogen-bond acceptors (Lipinski definition) is 6. The molecule has 1 fully saturated rings. The molecule has 0 aromatic heterocycles. The highest BCUT2D eigenvalue weighted by Crippen LogP contribution is 2.46. The van der Waals surface area contributed by atoms with Crippen molar-refractivity contribution in [2.45, 2.75) is 75.6 Å². The van der Waals surface area contributed by atoms with Crippen molar-refractivity contribution in [3.05, 3.63) is 83.4 Å². The van der Waals surface area contributed by atoms with Crippen LogP contribution in [0.3, 0.4) is 0 Å². The maximum Gasteiger partial charge on any atom is 0.264 e. The van der Waals surface area contributed by atoms with Gasteiger partial charge in [0.05, 0.1) is 23.6 Å². The number of aliphatic hydroxyl groups is 1. The van der Waals surface area contributed by atoms with Crippen LogP contribution in [0.2, 0.25) is 5.02 Å². The van der Waals surface area contributed by atoms with E-state index in [1.54, 1.807) is 30.4 Å². The highest BCUT2D eigenvalue weighted by atomic mass is 35.5. The number of allylic oxidation sites excluding steroid dienone is 1. The normalized spacial score (nSPS) is 24.2. The van der Waals surface area contributed by atoms with Crippen LogP contribution in [0, 0.1) is 17.8 Å². The summed E-state index contributed by atoms with van der Waals surface area (Å²) in [6.45, 7) is 13.0. The molecule has 2 aromatic rings. The third kappa shape index (κ3) is 6.58. The molecule has 0 unspecified atom stereocenters. The lowest BCUT2D eigenvalue weighted by Gasteiger charge is -2.45. The summed E-state index contributed by atoms with van der Waals surface area (Å²) in [7, 11) is -3.93. The Morgan fingerprint density at radius 2 is 1.95 bits per heavy atom. The smallest absolute Gasteiger partial charge is 0.264 e. The molecule has 5 atom stereocenters. The molecule has 0 bridgehead atoms. The van der Waals surface area contributed by atoms with Crippen LogP contribution in [0.5, 0.6) is 5.75 Å². The number of fused-ring (bicyclic) bond motifs is 3. The van der Waals surface area contributed by atoms with Crippen molar-refractivity contribution < 1.29 is 23.1 Å². The number of ether oxygens (including phenoxy) is 1. The van der Waals surface area contributed by atoms with E-state index in [4.69, 9.17) is 16.3 Å². The monoisotopic (exact) mass is 640 g/mol. The molecule has 5 rings (SSSR count). The maximum atomic E-state index is 13.4. The van der Waals surface area contributed by atoms with Crippen LogP contribution < -0.4 is 14.4 Å². The first kappa shape index (κ1) is 32.6. The fraction of sp³-hybridized carbons (Fsp3) is 0.514. The summed E-state index contributed by atoms with van der Waals surface area (Å²) in [5.74, 6) is 0.248. The van der Waals surface area contributed by atoms with Crippen LogP contribution in [0.4, 0.5) is 5.69 Å². The first-order valence-electron chi connectivity index (χ1n) is 15.7. The van der Waals surface area contributed by atoms with Crippen molar-refractivity contribution in [1.82, 2.24) is 4.72 Å². The van der Waals surface area contributed by atoms with Gasteiger partial charge in [-0.3, -0.25) is 4.79 Å². The molecule has 1 spiro atoms. The van der Waals surface area contributed by atoms with Gasteiger partial charge >= 0.3 is 0 Å². The molecule has 3 aliphatic rings. The Balaban J connectivity index is 1.50. The summed E-state index contributed by atoms with van der Waals surface area (Å²) < 4.78 is 35.2. The van der Waals surface area contributed by atoms with E-state index >= 15 is 0 Å². The summed E-state index contributed by atoms with van der Waals surface area (Å²) in [5, 5.41) is 10.8. The van der Waals surface area contributed by atoms with Gasteiger partial charge < -0.3 is 14.7 Å². The van der Waals surface area contributed by atoms with Crippen LogP contribution in [0.25, 0.3) is 0 Å². The SMILES string of the molecule is C=CC[C@@H](O)[C@@H]1CC[C@H]1CN1C[C@@]2(CCCc3cc(Cl)ccc32)COc2ccc(C(=O)NS(=O)(=O)[C@@H](CC=C)C(C)C)cc21. The summed E-state index contributed by atoms with van der Waals surface area (Å²) in [5.41, 5.74) is 3.23. The van der Waals surface area contributed by atoms with Crippen molar-refractivity contribution in [3.63, 3.8) is 0 Å². The number of carbonyl (C=O) groups excluding carboxylic acids is 1. The minimum Gasteiger partial charge on any atom is -0.490 e. The van der Waals surface area contributed by atoms with E-state index in [1.165, 1.54) is 11.1 Å². The van der Waals surface area contributed by atoms with Crippen LogP contribution in [0.1, 0.15) is 73.9 Å². The Morgan fingerprint density at radius 3 is 2.64 bits per heavy atom. The number of aliphatic hydroxyl groups excluding tert-OH is 1. The number of sulfonamides is 1. The molecule has 1 heterocycles. The molecule has 238 valence electrons. The molecule has 2 aromatic carbocycles. The zero-order chi connectivity index (χ0) is 31.6. The Labute approximate surface area is 267 Å². The molecule has 0 radical (unpaired) electrons. The van der Waals surface area contributed by atoms with E-state index in [9.17, 15) is 18.3 Å². The Bertz CT molecular complexity index is 1510. The topological polar surface area (TPSA) is 95.9 Å². The van der Waals surface area contributed by atoms with Crippen molar-refractivity contribution in [3.8, 4) is 5.75 Å². The number of carbonyl (C=O) groups is 1. The van der Waals surface area contributed by atoms with E-state index in [-0.39, 0.29) is 35.2 Å². The quantitative estimate of drug-likeness (QED) is 0.275. The van der Waals surface area contributed by atoms with Gasteiger partial charge in [0.15, 0.2) is 0 Å². The number of nitrogens with zero attached hydrogens (tertiary/aromatic N) is 1. The number of nitrogens with one attached hydrogen (secondary N) is 1. The minimum atomic E-state index is -3.93. The second kappa shape index (κ2) is 13.3. The van der Waals surface area contributed by atoms with Crippen LogP contribution in [-0.4, -0.2) is 50.5 Å². The van der Waals surface area contributed by atoms with Gasteiger partial charge in [-0.15, -0.1) is 13.2 Å². The Kier molecular flexibility index (Phi) is 9.83. The van der Waals surface area contributed by atoms with Crippen LogP contribution in [-0.2, 0) is 21.9 Å². The van der Waals surface area contributed by atoms with Crippen molar-refractivity contribution in [2.24, 2.45) is 17.8 Å². The first-order valence-corrected chi connectivity index (χ1v) is 17.7. The number of amides is 1. The molecule has 0 saturated heterocycles. The molecule has 1 saturated carbocycles. The third-order valence-electron chi connectivity index (χ3n) is 9.91. The molecule has 44 heavy (non-hydrogen) atoms. The van der Waals surface area contributed by atoms with Gasteiger partial charge in [-0.1, -0.05) is 43.7 Å². The minimum absolute atomic E-state index is 0.170. The molecular formula is C35H45ClN2O5S. The highest BCUT2D eigenvalue weighted by molar-refractivity contribution is 7.90. The second-order valence-corrected chi connectivity index (χ2v) is 15.5. The van der Waals surface area contributed by atoms with Gasteiger partial charge in [-0.25, -0.2) is 13.1 Å². The number of aryl methyl sites for hydroxylation is 1. The summed E-state index contributed by atoms with van der Waals surface area (Å²) in [6.07, 6.45) is 8.60. The van der Waals surface area contributed by atoms with Gasteiger partial charge in [0.1, 0.15) is 5.75 Å². The fourth-order valence-corrected chi connectivity index (χ4v) is 9.23. The highest BCUT2D eigenvalue weighted by Gasteiger charge is 2.44. The zero-order valence-electron chi connectivity index (χ0n) is 25.8. The van der Waals surface area contributed by atoms with Gasteiger partial charge in [-0.2, -0.15) is 0 Å². The van der Waals surface area contributed by atoms with Gasteiger partial charge in [0.2, 0.25) is 10.0 Å². The molecular weight excluding hydrogens is 596 g/mol. The summed E-state index contributed by atoms with van der Waals surface area (Å²) in [6, 6.07) is 11.3. The second-order valence-electron chi connectivity index (χ2n) is 13.2. The fourth-order valence-electron chi connectivity index (χ4n) is 7.40. The largest absolute Gasteiger partial charge is 0.490 e. The Hall–Kier alpha value is -2.81. The lowest BCUT2D eigenvalue weighted by atomic mass is 9.68. The molecule has 1 aliphatic heterocycles. The van der Waals surface area contributed by atoms with Crippen molar-refractivity contribution >= 4 is 33.2 Å². The molecule has 2 aliphatic carbocycles. The predicted molar refractivity (Wildman–Crippen MR) is 177 cm³/mol. The number of anilines is 1. The van der Waals surface area contributed by atoms with Crippen molar-refractivity contribution in [2.75, 3.05) is 24.6 Å². The van der Waals surface area contributed by atoms with E-state index in [0.717, 1.165) is 42.8 Å². The zero-order valence-corrected chi connectivity index (χ0v) is 27.4. The van der Waals surface area contributed by atoms with Gasteiger partial charge in [0, 0.05) is 29.1 Å². The standard InChI is InChI=1S/C35H45ClN2O5S/c1-5-8-31(39)28-14-11-26(28)20-38-21-35(17-7-10-24-18-27(36)13-15-29(24)35)22-43-32-16-12-25(19-30(32)38)34(40)37-44(41,42)33(9-6-2)23(3)4/h5-6,12-13,15-16,18-19,23,26,28,31,33,39H,1-2,7-11,14,17,20-22H2,3-4H3,(H,37,40)/t26-,28+,31+,33-,35-/m0/s1. The number of rotatable bonds is 11. The molecule has 9 heteroatoms. The molecule has 7 nitrogen and oxygen atoms in total. The number of halogens is 1. The van der Waals surface area contributed by atoms with E-state index in [2.05, 4.69) is 34.9 Å². The number of hydrogen-bond donors (Lipinski definition) is 2. The summed E-state index contributed by atoms with van der Waals surface area (Å²) in [4.78, 5) is 15.7. The van der Waals surface area contributed by atoms with Crippen LogP contribution >= 0.6 is 11.6 Å². The van der Waals surface area contributed by atoms with E-state index in [1.807, 2.05) is 19.9 Å².